The van der Waals surface area contributed by atoms with Crippen molar-refractivity contribution in [2.24, 2.45) is 5.10 Å². The second-order valence-electron chi connectivity index (χ2n) is 7.56. The second-order valence-corrected chi connectivity index (χ2v) is 7.56. The molecule has 0 spiro atoms. The molecule has 0 aromatic heterocycles. The average Bonchev–Trinajstić information content (AvgIpc) is 2.81. The van der Waals surface area contributed by atoms with E-state index in [1.807, 2.05) is 51.1 Å². The molecule has 3 aromatic rings. The first-order chi connectivity index (χ1) is 15.9. The van der Waals surface area contributed by atoms with Gasteiger partial charge in [-0.2, -0.15) is 5.10 Å². The largest absolute Gasteiger partial charge is 0.493 e. The quantitative estimate of drug-likeness (QED) is 0.397. The third kappa shape index (κ3) is 6.43. The van der Waals surface area contributed by atoms with E-state index < -0.39 is 0 Å². The van der Waals surface area contributed by atoms with Crippen LogP contribution in [0.1, 0.15) is 32.6 Å². The maximum atomic E-state index is 12.3. The maximum absolute atomic E-state index is 12.3. The molecule has 0 atom stereocenters. The number of nitrogens with zero attached hydrogens (tertiary/aromatic N) is 1. The fourth-order valence-corrected chi connectivity index (χ4v) is 3.03. The Balaban J connectivity index is 1.58. The lowest BCUT2D eigenvalue weighted by atomic mass is 10.1. The van der Waals surface area contributed by atoms with Crippen molar-refractivity contribution >= 4 is 23.7 Å². The Hall–Kier alpha value is -4.13. The number of carbonyl (C=O) groups is 2. The molecule has 33 heavy (non-hydrogen) atoms. The van der Waals surface area contributed by atoms with Gasteiger partial charge in [0.1, 0.15) is 0 Å². The molecule has 2 amide bonds. The van der Waals surface area contributed by atoms with Crippen LogP contribution in [0.5, 0.6) is 11.5 Å². The van der Waals surface area contributed by atoms with Crippen molar-refractivity contribution < 1.29 is 19.1 Å². The molecule has 0 aliphatic carbocycles. The van der Waals surface area contributed by atoms with Crippen LogP contribution in [0.15, 0.2) is 65.8 Å². The standard InChI is InChI=1S/C26H27N3O4/c1-17-8-11-21(12-9-17)26(31)29-27-15-20-10-13-23(24(14-20)32-4)33-16-25(30)28-22-7-5-6-18(2)19(22)3/h5-15H,16H2,1-4H3,(H,28,30)(H,29,31)/b27-15+. The zero-order valence-corrected chi connectivity index (χ0v) is 19.1. The van der Waals surface area contributed by atoms with Gasteiger partial charge in [-0.05, 0) is 73.9 Å². The Bertz CT molecular complexity index is 1170. The molecular weight excluding hydrogens is 418 g/mol. The fourth-order valence-electron chi connectivity index (χ4n) is 3.03. The van der Waals surface area contributed by atoms with E-state index in [-0.39, 0.29) is 18.4 Å². The van der Waals surface area contributed by atoms with E-state index in [0.29, 0.717) is 22.6 Å². The van der Waals surface area contributed by atoms with Crippen LogP contribution in [-0.4, -0.2) is 31.7 Å². The molecule has 3 aromatic carbocycles. The smallest absolute Gasteiger partial charge is 0.271 e. The second kappa shape index (κ2) is 10.9. The zero-order valence-electron chi connectivity index (χ0n) is 19.1. The Kier molecular flexibility index (Phi) is 7.81. The van der Waals surface area contributed by atoms with Gasteiger partial charge in [-0.1, -0.05) is 29.8 Å². The van der Waals surface area contributed by atoms with Gasteiger partial charge < -0.3 is 14.8 Å². The molecule has 0 unspecified atom stereocenters. The number of methoxy groups -OCH3 is 1. The van der Waals surface area contributed by atoms with Gasteiger partial charge in [0.25, 0.3) is 11.8 Å². The molecule has 0 aliphatic rings. The lowest BCUT2D eigenvalue weighted by Gasteiger charge is -2.13. The monoisotopic (exact) mass is 445 g/mol. The molecular formula is C26H27N3O4. The van der Waals surface area contributed by atoms with Crippen molar-refractivity contribution in [3.8, 4) is 11.5 Å². The summed E-state index contributed by atoms with van der Waals surface area (Å²) < 4.78 is 11.0. The van der Waals surface area contributed by atoms with Gasteiger partial charge in [0, 0.05) is 11.3 Å². The summed E-state index contributed by atoms with van der Waals surface area (Å²) in [5, 5.41) is 6.86. The van der Waals surface area contributed by atoms with Crippen molar-refractivity contribution in [1.29, 1.82) is 0 Å². The van der Waals surface area contributed by atoms with Gasteiger partial charge in [-0.15, -0.1) is 0 Å². The Morgan fingerprint density at radius 3 is 2.45 bits per heavy atom. The molecule has 0 saturated heterocycles. The van der Waals surface area contributed by atoms with Crippen molar-refractivity contribution in [1.82, 2.24) is 5.43 Å². The molecule has 7 heteroatoms. The molecule has 0 heterocycles. The summed E-state index contributed by atoms with van der Waals surface area (Å²) in [5.41, 5.74) is 7.67. The van der Waals surface area contributed by atoms with Gasteiger partial charge >= 0.3 is 0 Å². The lowest BCUT2D eigenvalue weighted by molar-refractivity contribution is -0.118. The number of hydrogen-bond acceptors (Lipinski definition) is 5. The van der Waals surface area contributed by atoms with E-state index in [4.69, 9.17) is 9.47 Å². The highest BCUT2D eigenvalue weighted by atomic mass is 16.5. The predicted molar refractivity (Wildman–Crippen MR) is 129 cm³/mol. The molecule has 3 rings (SSSR count). The van der Waals surface area contributed by atoms with E-state index in [1.165, 1.54) is 13.3 Å². The van der Waals surface area contributed by atoms with Crippen LogP contribution in [0.4, 0.5) is 5.69 Å². The van der Waals surface area contributed by atoms with Gasteiger partial charge in [0.2, 0.25) is 0 Å². The van der Waals surface area contributed by atoms with E-state index in [9.17, 15) is 9.59 Å². The number of hydrazone groups is 1. The number of aryl methyl sites for hydroxylation is 2. The number of amides is 2. The topological polar surface area (TPSA) is 89.0 Å². The Morgan fingerprint density at radius 2 is 1.73 bits per heavy atom. The number of rotatable bonds is 8. The molecule has 0 saturated carbocycles. The first-order valence-corrected chi connectivity index (χ1v) is 10.4. The number of carbonyl (C=O) groups excluding carboxylic acids is 2. The summed E-state index contributed by atoms with van der Waals surface area (Å²) in [4.78, 5) is 24.5. The van der Waals surface area contributed by atoms with Crippen LogP contribution < -0.4 is 20.2 Å². The number of ether oxygens (including phenoxy) is 2. The molecule has 0 aliphatic heterocycles. The minimum Gasteiger partial charge on any atom is -0.493 e. The number of anilines is 1. The van der Waals surface area contributed by atoms with Crippen LogP contribution in [0, 0.1) is 20.8 Å². The van der Waals surface area contributed by atoms with Gasteiger partial charge in [0.05, 0.1) is 13.3 Å². The predicted octanol–water partition coefficient (Wildman–Crippen LogP) is 4.40. The summed E-state index contributed by atoms with van der Waals surface area (Å²) in [6, 6.07) is 18.1. The van der Waals surface area contributed by atoms with Crippen LogP contribution in [0.25, 0.3) is 0 Å². The minimum atomic E-state index is -0.298. The highest BCUT2D eigenvalue weighted by molar-refractivity contribution is 5.95. The van der Waals surface area contributed by atoms with E-state index in [1.54, 1.807) is 30.3 Å². The van der Waals surface area contributed by atoms with E-state index in [2.05, 4.69) is 15.8 Å². The maximum Gasteiger partial charge on any atom is 0.271 e. The number of nitrogens with one attached hydrogen (secondary N) is 2. The summed E-state index contributed by atoms with van der Waals surface area (Å²) >= 11 is 0. The van der Waals surface area contributed by atoms with E-state index in [0.717, 1.165) is 22.4 Å². The minimum absolute atomic E-state index is 0.163. The normalized spacial score (nSPS) is 10.7. The lowest BCUT2D eigenvalue weighted by Crippen LogP contribution is -2.21. The number of hydrogen-bond donors (Lipinski definition) is 2. The summed E-state index contributed by atoms with van der Waals surface area (Å²) in [6.07, 6.45) is 1.51. The van der Waals surface area contributed by atoms with Crippen molar-refractivity contribution in [3.05, 3.63) is 88.5 Å². The van der Waals surface area contributed by atoms with Gasteiger partial charge in [-0.3, -0.25) is 9.59 Å². The molecule has 0 bridgehead atoms. The molecule has 170 valence electrons. The molecule has 7 nitrogen and oxygen atoms in total. The highest BCUT2D eigenvalue weighted by Gasteiger charge is 2.10. The van der Waals surface area contributed by atoms with Crippen molar-refractivity contribution in [3.63, 3.8) is 0 Å². The Morgan fingerprint density at radius 1 is 0.970 bits per heavy atom. The van der Waals surface area contributed by atoms with Gasteiger partial charge in [0.15, 0.2) is 18.1 Å². The molecule has 2 N–H and O–H groups in total. The van der Waals surface area contributed by atoms with Gasteiger partial charge in [-0.25, -0.2) is 5.43 Å². The summed E-state index contributed by atoms with van der Waals surface area (Å²) in [7, 11) is 1.51. The highest BCUT2D eigenvalue weighted by Crippen LogP contribution is 2.27. The van der Waals surface area contributed by atoms with Crippen LogP contribution >= 0.6 is 0 Å². The van der Waals surface area contributed by atoms with Crippen molar-refractivity contribution in [2.75, 3.05) is 19.0 Å². The van der Waals surface area contributed by atoms with Crippen LogP contribution in [-0.2, 0) is 4.79 Å². The van der Waals surface area contributed by atoms with Crippen LogP contribution in [0.2, 0.25) is 0 Å². The summed E-state index contributed by atoms with van der Waals surface area (Å²) in [6.45, 7) is 5.74. The first-order valence-electron chi connectivity index (χ1n) is 10.4. The first kappa shape index (κ1) is 23.5. The summed E-state index contributed by atoms with van der Waals surface area (Å²) in [5.74, 6) is 0.307. The SMILES string of the molecule is COc1cc(/C=N/NC(=O)c2ccc(C)cc2)ccc1OCC(=O)Nc1cccc(C)c1C. The zero-order chi connectivity index (χ0) is 23.8. The Labute approximate surface area is 193 Å². The van der Waals surface area contributed by atoms with Crippen LogP contribution in [0.3, 0.4) is 0 Å². The van der Waals surface area contributed by atoms with Crippen molar-refractivity contribution in [2.45, 2.75) is 20.8 Å². The number of benzene rings is 3. The third-order valence-corrected chi connectivity index (χ3v) is 5.12. The third-order valence-electron chi connectivity index (χ3n) is 5.12. The average molecular weight is 446 g/mol. The molecule has 0 radical (unpaired) electrons. The fraction of sp³-hybridized carbons (Fsp3) is 0.192. The van der Waals surface area contributed by atoms with E-state index >= 15 is 0 Å². The molecule has 0 fully saturated rings.